The Balaban J connectivity index is 2.25. The highest BCUT2D eigenvalue weighted by Gasteiger charge is 2.31. The van der Waals surface area contributed by atoms with E-state index in [9.17, 15) is 0 Å². The van der Waals surface area contributed by atoms with Gasteiger partial charge in [-0.2, -0.15) is 0 Å². The van der Waals surface area contributed by atoms with Crippen LogP contribution in [0.15, 0.2) is 4.42 Å². The van der Waals surface area contributed by atoms with E-state index in [1.165, 1.54) is 18.5 Å². The number of oxazole rings is 1. The second kappa shape index (κ2) is 3.73. The van der Waals surface area contributed by atoms with Crippen LogP contribution in [0, 0.1) is 0 Å². The summed E-state index contributed by atoms with van der Waals surface area (Å²) >= 11 is 0. The maximum atomic E-state index is 5.73. The molecule has 1 saturated carbocycles. The minimum Gasteiger partial charge on any atom is -0.445 e. The van der Waals surface area contributed by atoms with Gasteiger partial charge in [0.05, 0.1) is 5.69 Å². The standard InChI is InChI=1S/C11H18N2O/c1-7(2)11-10(8-3-4-8)13-9(14-11)5-6-12/h7-8H,3-6,12H2,1-2H3. The van der Waals surface area contributed by atoms with Crippen molar-refractivity contribution in [3.8, 4) is 0 Å². The van der Waals surface area contributed by atoms with Crippen LogP contribution in [0.3, 0.4) is 0 Å². The van der Waals surface area contributed by atoms with Crippen LogP contribution in [0.1, 0.15) is 55.9 Å². The Morgan fingerprint density at radius 1 is 1.50 bits per heavy atom. The summed E-state index contributed by atoms with van der Waals surface area (Å²) in [5, 5.41) is 0. The lowest BCUT2D eigenvalue weighted by Crippen LogP contribution is -2.02. The first kappa shape index (κ1) is 9.71. The first-order valence-corrected chi connectivity index (χ1v) is 5.42. The summed E-state index contributed by atoms with van der Waals surface area (Å²) in [6.07, 6.45) is 3.30. The van der Waals surface area contributed by atoms with E-state index in [2.05, 4.69) is 18.8 Å². The molecule has 2 rings (SSSR count). The maximum absolute atomic E-state index is 5.73. The van der Waals surface area contributed by atoms with Gasteiger partial charge in [-0.15, -0.1) is 0 Å². The fourth-order valence-electron chi connectivity index (χ4n) is 1.68. The molecule has 3 heteroatoms. The monoisotopic (exact) mass is 194 g/mol. The Kier molecular flexibility index (Phi) is 2.59. The molecule has 0 saturated heterocycles. The van der Waals surface area contributed by atoms with Crippen molar-refractivity contribution in [3.05, 3.63) is 17.3 Å². The molecule has 1 aromatic rings. The molecule has 0 bridgehead atoms. The second-order valence-electron chi connectivity index (χ2n) is 4.32. The van der Waals surface area contributed by atoms with Crippen molar-refractivity contribution in [3.63, 3.8) is 0 Å². The van der Waals surface area contributed by atoms with Crippen molar-refractivity contribution in [1.82, 2.24) is 4.98 Å². The first-order valence-electron chi connectivity index (χ1n) is 5.42. The van der Waals surface area contributed by atoms with Gasteiger partial charge in [0.2, 0.25) is 0 Å². The van der Waals surface area contributed by atoms with E-state index in [1.807, 2.05) is 0 Å². The summed E-state index contributed by atoms with van der Waals surface area (Å²) in [5.74, 6) is 3.00. The average molecular weight is 194 g/mol. The Hall–Kier alpha value is -0.830. The summed E-state index contributed by atoms with van der Waals surface area (Å²) in [5.41, 5.74) is 6.69. The van der Waals surface area contributed by atoms with Crippen molar-refractivity contribution in [2.75, 3.05) is 6.54 Å². The number of hydrogen-bond donors (Lipinski definition) is 1. The highest BCUT2D eigenvalue weighted by Crippen LogP contribution is 2.43. The molecule has 2 N–H and O–H groups in total. The second-order valence-corrected chi connectivity index (χ2v) is 4.32. The van der Waals surface area contributed by atoms with Crippen LogP contribution in [0.5, 0.6) is 0 Å². The molecule has 0 radical (unpaired) electrons. The van der Waals surface area contributed by atoms with E-state index in [0.717, 1.165) is 18.1 Å². The number of hydrogen-bond acceptors (Lipinski definition) is 3. The molecule has 1 fully saturated rings. The highest BCUT2D eigenvalue weighted by molar-refractivity contribution is 5.22. The average Bonchev–Trinajstić information content (AvgIpc) is 2.88. The van der Waals surface area contributed by atoms with Gasteiger partial charge in [-0.25, -0.2) is 4.98 Å². The Morgan fingerprint density at radius 3 is 2.71 bits per heavy atom. The van der Waals surface area contributed by atoms with Gasteiger partial charge in [0, 0.05) is 24.8 Å². The molecule has 1 aliphatic carbocycles. The minimum absolute atomic E-state index is 0.435. The van der Waals surface area contributed by atoms with E-state index in [0.29, 0.717) is 18.4 Å². The van der Waals surface area contributed by atoms with Crippen LogP contribution in [0.2, 0.25) is 0 Å². The molecule has 1 heterocycles. The van der Waals surface area contributed by atoms with E-state index < -0.39 is 0 Å². The number of nitrogens with two attached hydrogens (primary N) is 1. The van der Waals surface area contributed by atoms with Crippen molar-refractivity contribution >= 4 is 0 Å². The molecule has 0 amide bonds. The van der Waals surface area contributed by atoms with Gasteiger partial charge >= 0.3 is 0 Å². The van der Waals surface area contributed by atoms with Gasteiger partial charge in [-0.05, 0) is 12.8 Å². The maximum Gasteiger partial charge on any atom is 0.195 e. The van der Waals surface area contributed by atoms with Crippen molar-refractivity contribution in [1.29, 1.82) is 0 Å². The van der Waals surface area contributed by atoms with Crippen LogP contribution in [-0.2, 0) is 6.42 Å². The predicted octanol–water partition coefficient (Wildman–Crippen LogP) is 2.18. The zero-order valence-electron chi connectivity index (χ0n) is 8.92. The summed E-state index contributed by atoms with van der Waals surface area (Å²) in [6, 6.07) is 0. The molecule has 14 heavy (non-hydrogen) atoms. The largest absolute Gasteiger partial charge is 0.445 e. The van der Waals surface area contributed by atoms with E-state index >= 15 is 0 Å². The third-order valence-electron chi connectivity index (χ3n) is 2.57. The summed E-state index contributed by atoms with van der Waals surface area (Å²) in [7, 11) is 0. The van der Waals surface area contributed by atoms with Crippen LogP contribution in [0.25, 0.3) is 0 Å². The van der Waals surface area contributed by atoms with Crippen molar-refractivity contribution in [2.24, 2.45) is 5.73 Å². The highest BCUT2D eigenvalue weighted by atomic mass is 16.4. The van der Waals surface area contributed by atoms with Crippen LogP contribution < -0.4 is 5.73 Å². The lowest BCUT2D eigenvalue weighted by Gasteiger charge is -2.01. The van der Waals surface area contributed by atoms with Gasteiger partial charge in [-0.1, -0.05) is 13.8 Å². The van der Waals surface area contributed by atoms with Crippen molar-refractivity contribution in [2.45, 2.75) is 44.9 Å². The predicted molar refractivity (Wildman–Crippen MR) is 55.3 cm³/mol. The van der Waals surface area contributed by atoms with Gasteiger partial charge < -0.3 is 10.2 Å². The topological polar surface area (TPSA) is 52.0 Å². The molecule has 1 aliphatic rings. The fraction of sp³-hybridized carbons (Fsp3) is 0.727. The third-order valence-corrected chi connectivity index (χ3v) is 2.57. The quantitative estimate of drug-likeness (QED) is 0.799. The lowest BCUT2D eigenvalue weighted by molar-refractivity contribution is 0.438. The normalized spacial score (nSPS) is 16.6. The van der Waals surface area contributed by atoms with Gasteiger partial charge in [0.25, 0.3) is 0 Å². The fourth-order valence-corrected chi connectivity index (χ4v) is 1.68. The van der Waals surface area contributed by atoms with Gasteiger partial charge in [0.1, 0.15) is 5.76 Å². The lowest BCUT2D eigenvalue weighted by atomic mass is 10.1. The molecular formula is C11H18N2O. The van der Waals surface area contributed by atoms with Gasteiger partial charge in [0.15, 0.2) is 5.89 Å². The zero-order chi connectivity index (χ0) is 10.1. The van der Waals surface area contributed by atoms with Crippen molar-refractivity contribution < 1.29 is 4.42 Å². The summed E-state index contributed by atoms with van der Waals surface area (Å²) < 4.78 is 5.73. The number of rotatable bonds is 4. The Bertz CT molecular complexity index is 294. The third kappa shape index (κ3) is 1.82. The summed E-state index contributed by atoms with van der Waals surface area (Å²) in [4.78, 5) is 4.54. The molecule has 78 valence electrons. The van der Waals surface area contributed by atoms with Crippen LogP contribution in [-0.4, -0.2) is 11.5 Å². The molecular weight excluding hydrogens is 176 g/mol. The molecule has 0 aromatic carbocycles. The van der Waals surface area contributed by atoms with E-state index in [-0.39, 0.29) is 0 Å². The molecule has 1 aromatic heterocycles. The SMILES string of the molecule is CC(C)c1oc(CCN)nc1C1CC1. The van der Waals surface area contributed by atoms with Crippen LogP contribution in [0.4, 0.5) is 0 Å². The molecule has 0 atom stereocenters. The Morgan fingerprint density at radius 2 is 2.21 bits per heavy atom. The zero-order valence-corrected chi connectivity index (χ0v) is 8.92. The molecule has 0 aliphatic heterocycles. The molecule has 3 nitrogen and oxygen atoms in total. The first-order chi connectivity index (χ1) is 6.72. The van der Waals surface area contributed by atoms with Crippen LogP contribution >= 0.6 is 0 Å². The van der Waals surface area contributed by atoms with E-state index in [1.54, 1.807) is 0 Å². The minimum atomic E-state index is 0.435. The smallest absolute Gasteiger partial charge is 0.195 e. The molecule has 0 unspecified atom stereocenters. The van der Waals surface area contributed by atoms with Gasteiger partial charge in [-0.3, -0.25) is 0 Å². The number of nitrogens with zero attached hydrogens (tertiary/aromatic N) is 1. The summed E-state index contributed by atoms with van der Waals surface area (Å²) in [6.45, 7) is 4.92. The Labute approximate surface area is 84.7 Å². The van der Waals surface area contributed by atoms with E-state index in [4.69, 9.17) is 10.2 Å². The number of aromatic nitrogens is 1. The molecule has 0 spiro atoms.